The van der Waals surface area contributed by atoms with Crippen LogP contribution in [-0.2, 0) is 11.2 Å². The fraction of sp³-hybridized carbons (Fsp3) is 0.800. The van der Waals surface area contributed by atoms with Gasteiger partial charge in [0.2, 0.25) is 0 Å². The SMILES string of the molecule is CC(C)(C)OC(=O)NC(Cc1nc(=S)o[nH]1)C1CCCCC1. The van der Waals surface area contributed by atoms with Gasteiger partial charge in [-0.25, -0.2) is 9.95 Å². The molecule has 1 fully saturated rings. The van der Waals surface area contributed by atoms with Gasteiger partial charge >= 0.3 is 10.9 Å². The minimum atomic E-state index is -0.505. The molecule has 1 heterocycles. The minimum absolute atomic E-state index is 0.0223. The number of hydrogen-bond acceptors (Lipinski definition) is 5. The number of ether oxygens (including phenoxy) is 1. The number of aromatic amines is 1. The Morgan fingerprint density at radius 3 is 2.68 bits per heavy atom. The molecule has 1 aliphatic carbocycles. The fourth-order valence-electron chi connectivity index (χ4n) is 2.89. The lowest BCUT2D eigenvalue weighted by molar-refractivity contribution is 0.0476. The number of carbonyl (C=O) groups is 1. The number of carbonyl (C=O) groups excluding carboxylic acids is 1. The van der Waals surface area contributed by atoms with Crippen molar-refractivity contribution in [3.8, 4) is 0 Å². The zero-order valence-electron chi connectivity index (χ0n) is 13.5. The number of nitrogens with zero attached hydrogens (tertiary/aromatic N) is 1. The number of amides is 1. The van der Waals surface area contributed by atoms with E-state index in [0.29, 0.717) is 18.2 Å². The molecule has 0 spiro atoms. The Kier molecular flexibility index (Phi) is 5.61. The third-order valence-corrected chi connectivity index (χ3v) is 3.99. The summed E-state index contributed by atoms with van der Waals surface area (Å²) in [6.45, 7) is 5.57. The van der Waals surface area contributed by atoms with Crippen molar-refractivity contribution in [1.29, 1.82) is 0 Å². The molecule has 124 valence electrons. The van der Waals surface area contributed by atoms with Crippen molar-refractivity contribution in [3.05, 3.63) is 10.7 Å². The van der Waals surface area contributed by atoms with Crippen LogP contribution in [0.3, 0.4) is 0 Å². The Bertz CT molecular complexity index is 541. The zero-order chi connectivity index (χ0) is 16.2. The average Bonchev–Trinajstić information content (AvgIpc) is 2.82. The van der Waals surface area contributed by atoms with Gasteiger partial charge in [-0.3, -0.25) is 0 Å². The molecule has 0 aliphatic heterocycles. The summed E-state index contributed by atoms with van der Waals surface area (Å²) < 4.78 is 10.4. The summed E-state index contributed by atoms with van der Waals surface area (Å²) in [6, 6.07) is -0.0223. The molecule has 1 aliphatic rings. The van der Waals surface area contributed by atoms with E-state index in [-0.39, 0.29) is 17.0 Å². The number of alkyl carbamates (subject to hydrolysis) is 1. The zero-order valence-corrected chi connectivity index (χ0v) is 14.3. The molecule has 0 aromatic carbocycles. The van der Waals surface area contributed by atoms with Gasteiger partial charge in [0, 0.05) is 12.5 Å². The van der Waals surface area contributed by atoms with Crippen molar-refractivity contribution in [1.82, 2.24) is 15.5 Å². The molecule has 2 rings (SSSR count). The first-order valence-electron chi connectivity index (χ1n) is 7.87. The van der Waals surface area contributed by atoms with Gasteiger partial charge in [-0.15, -0.1) is 0 Å². The second kappa shape index (κ2) is 7.26. The number of H-pyrrole nitrogens is 1. The predicted octanol–water partition coefficient (Wildman–Crippen LogP) is 3.75. The lowest BCUT2D eigenvalue weighted by atomic mass is 9.82. The summed E-state index contributed by atoms with van der Waals surface area (Å²) in [7, 11) is 0. The quantitative estimate of drug-likeness (QED) is 0.823. The lowest BCUT2D eigenvalue weighted by Gasteiger charge is -2.31. The molecule has 1 saturated carbocycles. The van der Waals surface area contributed by atoms with E-state index in [9.17, 15) is 4.79 Å². The molecule has 0 radical (unpaired) electrons. The second-order valence-corrected chi connectivity index (χ2v) is 7.23. The van der Waals surface area contributed by atoms with E-state index in [0.717, 1.165) is 12.8 Å². The molecule has 1 unspecified atom stereocenters. The molecule has 1 amide bonds. The highest BCUT2D eigenvalue weighted by atomic mass is 32.1. The first-order chi connectivity index (χ1) is 10.3. The van der Waals surface area contributed by atoms with Gasteiger partial charge < -0.3 is 14.6 Å². The van der Waals surface area contributed by atoms with E-state index in [1.165, 1.54) is 19.3 Å². The lowest BCUT2D eigenvalue weighted by Crippen LogP contribution is -2.45. The molecule has 1 aromatic heterocycles. The van der Waals surface area contributed by atoms with E-state index in [1.807, 2.05) is 20.8 Å². The number of rotatable bonds is 4. The monoisotopic (exact) mass is 327 g/mol. The van der Waals surface area contributed by atoms with Gasteiger partial charge in [-0.1, -0.05) is 19.3 Å². The minimum Gasteiger partial charge on any atom is -0.444 e. The molecule has 0 bridgehead atoms. The Morgan fingerprint density at radius 2 is 2.14 bits per heavy atom. The van der Waals surface area contributed by atoms with E-state index in [1.54, 1.807) is 0 Å². The standard InChI is InChI=1S/C15H25N3O3S/c1-15(2,3)20-13(19)16-11(10-7-5-4-6-8-10)9-12-17-14(22)21-18-12/h10-11H,4-9H2,1-3H3,(H,16,19)(H,17,18,22). The summed E-state index contributed by atoms with van der Waals surface area (Å²) in [6.07, 6.45) is 6.08. The predicted molar refractivity (Wildman–Crippen MR) is 85.1 cm³/mol. The summed E-state index contributed by atoms with van der Waals surface area (Å²) >= 11 is 4.88. The highest BCUT2D eigenvalue weighted by Crippen LogP contribution is 2.28. The van der Waals surface area contributed by atoms with Crippen LogP contribution < -0.4 is 5.32 Å². The van der Waals surface area contributed by atoms with Crippen LogP contribution in [0.4, 0.5) is 4.79 Å². The molecule has 2 N–H and O–H groups in total. The topological polar surface area (TPSA) is 80.2 Å². The highest BCUT2D eigenvalue weighted by molar-refractivity contribution is 7.71. The van der Waals surface area contributed by atoms with Crippen molar-refractivity contribution in [2.75, 3.05) is 0 Å². The van der Waals surface area contributed by atoms with Crippen molar-refractivity contribution in [2.45, 2.75) is 70.9 Å². The maximum atomic E-state index is 12.1. The Balaban J connectivity index is 2.03. The Labute approximate surface area is 136 Å². The maximum absolute atomic E-state index is 12.1. The van der Waals surface area contributed by atoms with Crippen LogP contribution in [-0.4, -0.2) is 27.9 Å². The first-order valence-corrected chi connectivity index (χ1v) is 8.28. The van der Waals surface area contributed by atoms with Gasteiger partial charge in [0.15, 0.2) is 0 Å². The normalized spacial score (nSPS) is 18.0. The number of hydrogen-bond donors (Lipinski definition) is 2. The van der Waals surface area contributed by atoms with Gasteiger partial charge in [0.05, 0.1) is 0 Å². The molecule has 1 aromatic rings. The Morgan fingerprint density at radius 1 is 1.45 bits per heavy atom. The third-order valence-electron chi connectivity index (χ3n) is 3.82. The molecule has 22 heavy (non-hydrogen) atoms. The van der Waals surface area contributed by atoms with Crippen LogP contribution in [0.25, 0.3) is 0 Å². The van der Waals surface area contributed by atoms with E-state index >= 15 is 0 Å². The van der Waals surface area contributed by atoms with E-state index in [4.69, 9.17) is 21.5 Å². The van der Waals surface area contributed by atoms with Crippen molar-refractivity contribution < 1.29 is 14.1 Å². The summed E-state index contributed by atoms with van der Waals surface area (Å²) in [5, 5.41) is 5.72. The molecule has 1 atom stereocenters. The van der Waals surface area contributed by atoms with E-state index < -0.39 is 5.60 Å². The van der Waals surface area contributed by atoms with Crippen LogP contribution in [0.2, 0.25) is 0 Å². The van der Waals surface area contributed by atoms with Crippen LogP contribution in [0.15, 0.2) is 4.52 Å². The molecule has 6 nitrogen and oxygen atoms in total. The van der Waals surface area contributed by atoms with Gasteiger partial charge in [-0.05, 0) is 51.7 Å². The van der Waals surface area contributed by atoms with Gasteiger partial charge in [-0.2, -0.15) is 4.98 Å². The van der Waals surface area contributed by atoms with Gasteiger partial charge in [0.25, 0.3) is 0 Å². The second-order valence-electron chi connectivity index (χ2n) is 6.88. The van der Waals surface area contributed by atoms with Gasteiger partial charge in [0.1, 0.15) is 11.4 Å². The van der Waals surface area contributed by atoms with Crippen LogP contribution in [0, 0.1) is 10.8 Å². The first kappa shape index (κ1) is 17.0. The summed E-state index contributed by atoms with van der Waals surface area (Å²) in [4.78, 5) is 16.4. The van der Waals surface area contributed by atoms with E-state index in [2.05, 4.69) is 15.5 Å². The van der Waals surface area contributed by atoms with Crippen molar-refractivity contribution in [2.24, 2.45) is 5.92 Å². The highest BCUT2D eigenvalue weighted by Gasteiger charge is 2.28. The number of aromatic nitrogens is 2. The third kappa shape index (κ3) is 5.44. The number of nitrogens with one attached hydrogen (secondary N) is 2. The van der Waals surface area contributed by atoms with Crippen molar-refractivity contribution in [3.63, 3.8) is 0 Å². The summed E-state index contributed by atoms with van der Waals surface area (Å²) in [5.74, 6) is 1.09. The summed E-state index contributed by atoms with van der Waals surface area (Å²) in [5.41, 5.74) is -0.505. The molecule has 0 saturated heterocycles. The molecular formula is C15H25N3O3S. The smallest absolute Gasteiger partial charge is 0.407 e. The largest absolute Gasteiger partial charge is 0.444 e. The fourth-order valence-corrected chi connectivity index (χ4v) is 3.04. The van der Waals surface area contributed by atoms with Crippen molar-refractivity contribution >= 4 is 18.3 Å². The van der Waals surface area contributed by atoms with Crippen LogP contribution >= 0.6 is 12.2 Å². The average molecular weight is 327 g/mol. The molecular weight excluding hydrogens is 302 g/mol. The van der Waals surface area contributed by atoms with Crippen LogP contribution in [0.5, 0.6) is 0 Å². The molecule has 7 heteroatoms. The Hall–Kier alpha value is -1.37. The maximum Gasteiger partial charge on any atom is 0.407 e. The van der Waals surface area contributed by atoms with Crippen LogP contribution in [0.1, 0.15) is 58.7 Å².